The van der Waals surface area contributed by atoms with Gasteiger partial charge in [-0.1, -0.05) is 52.2 Å². The molecule has 24 heavy (non-hydrogen) atoms. The van der Waals surface area contributed by atoms with E-state index in [0.29, 0.717) is 6.42 Å². The fourth-order valence-electron chi connectivity index (χ4n) is 2.95. The quantitative estimate of drug-likeness (QED) is 0.340. The molecule has 0 heterocycles. The third-order valence-electron chi connectivity index (χ3n) is 4.48. The van der Waals surface area contributed by atoms with Gasteiger partial charge in [-0.25, -0.2) is 4.79 Å². The lowest BCUT2D eigenvalue weighted by atomic mass is 9.83. The van der Waals surface area contributed by atoms with Crippen molar-refractivity contribution in [2.45, 2.75) is 39.5 Å². The van der Waals surface area contributed by atoms with Crippen LogP contribution in [-0.2, 0) is 20.8 Å². The second-order valence-electron chi connectivity index (χ2n) is 6.10. The number of hydrogen-bond donors (Lipinski definition) is 0. The molecular formula is C20H25NO3. The van der Waals surface area contributed by atoms with Crippen LogP contribution in [0, 0.1) is 0 Å². The molecule has 0 N–H and O–H groups in total. The Morgan fingerprint density at radius 3 is 2.33 bits per heavy atom. The summed E-state index contributed by atoms with van der Waals surface area (Å²) >= 11 is 0. The van der Waals surface area contributed by atoms with Crippen LogP contribution < -0.4 is 0 Å². The van der Waals surface area contributed by atoms with Gasteiger partial charge >= 0.3 is 5.97 Å². The summed E-state index contributed by atoms with van der Waals surface area (Å²) in [6, 6.07) is 10.4. The number of nitrogens with zero attached hydrogens (tertiary/aromatic N) is 1. The van der Waals surface area contributed by atoms with Crippen LogP contribution in [0.5, 0.6) is 0 Å². The first-order chi connectivity index (χ1) is 11.6. The van der Waals surface area contributed by atoms with Gasteiger partial charge in [0.05, 0.1) is 7.11 Å². The second kappa shape index (κ2) is 8.48. The maximum atomic E-state index is 12.1. The topological polar surface area (TPSA) is 47.9 Å². The van der Waals surface area contributed by atoms with Gasteiger partial charge in [-0.3, -0.25) is 0 Å². The Hall–Kier alpha value is -2.36. The number of esters is 1. The molecule has 0 unspecified atom stereocenters. The van der Waals surface area contributed by atoms with Gasteiger partial charge in [-0.15, -0.1) is 0 Å². The van der Waals surface area contributed by atoms with Crippen LogP contribution in [0.15, 0.2) is 57.8 Å². The third kappa shape index (κ3) is 4.34. The van der Waals surface area contributed by atoms with E-state index in [1.807, 2.05) is 18.2 Å². The monoisotopic (exact) mass is 327 g/mol. The fourth-order valence-corrected chi connectivity index (χ4v) is 2.95. The van der Waals surface area contributed by atoms with E-state index in [-0.39, 0.29) is 5.71 Å². The Kier molecular flexibility index (Phi) is 6.36. The molecule has 0 spiro atoms. The summed E-state index contributed by atoms with van der Waals surface area (Å²) in [4.78, 5) is 17.0. The van der Waals surface area contributed by atoms with Crippen molar-refractivity contribution < 1.29 is 14.4 Å². The number of allylic oxidation sites excluding steroid dienone is 3. The largest absolute Gasteiger partial charge is 0.464 e. The molecule has 0 saturated heterocycles. The molecule has 4 nitrogen and oxygen atoms in total. The summed E-state index contributed by atoms with van der Waals surface area (Å²) in [5.41, 5.74) is 6.40. The van der Waals surface area contributed by atoms with Crippen LogP contribution >= 0.6 is 0 Å². The minimum atomic E-state index is -0.448. The first-order valence-electron chi connectivity index (χ1n) is 8.16. The molecule has 2 rings (SSSR count). The highest BCUT2D eigenvalue weighted by Gasteiger charge is 2.25. The molecule has 0 aromatic heterocycles. The summed E-state index contributed by atoms with van der Waals surface area (Å²) in [6.07, 6.45) is 3.41. The average molecular weight is 327 g/mol. The molecule has 0 bridgehead atoms. The van der Waals surface area contributed by atoms with E-state index in [2.05, 4.69) is 31.1 Å². The zero-order valence-corrected chi connectivity index (χ0v) is 14.9. The van der Waals surface area contributed by atoms with E-state index in [1.54, 1.807) is 0 Å². The number of methoxy groups -OCH3 is 1. The minimum Gasteiger partial charge on any atom is -0.464 e. The van der Waals surface area contributed by atoms with Gasteiger partial charge in [-0.2, -0.15) is 0 Å². The van der Waals surface area contributed by atoms with Gasteiger partial charge in [0.25, 0.3) is 0 Å². The Morgan fingerprint density at radius 2 is 1.71 bits per heavy atom. The fraction of sp³-hybridized carbons (Fsp3) is 0.400. The smallest absolute Gasteiger partial charge is 0.360 e. The van der Waals surface area contributed by atoms with Crippen molar-refractivity contribution in [3.63, 3.8) is 0 Å². The lowest BCUT2D eigenvalue weighted by Crippen LogP contribution is -2.22. The lowest BCUT2D eigenvalue weighted by molar-refractivity contribution is -0.132. The molecule has 0 radical (unpaired) electrons. The van der Waals surface area contributed by atoms with Gasteiger partial charge < -0.3 is 9.57 Å². The summed E-state index contributed by atoms with van der Waals surface area (Å²) in [5.74, 6) is -0.448. The van der Waals surface area contributed by atoms with Crippen LogP contribution in [0.1, 0.15) is 38.7 Å². The van der Waals surface area contributed by atoms with Gasteiger partial charge in [0, 0.05) is 0 Å². The normalized spacial score (nSPS) is 15.6. The van der Waals surface area contributed by atoms with Crippen LogP contribution in [-0.4, -0.2) is 25.9 Å². The third-order valence-corrected chi connectivity index (χ3v) is 4.48. The zero-order chi connectivity index (χ0) is 17.5. The SMILES string of the molecule is CO/N=C(/C(=O)OC)C1=C(CCc2ccccc2)CC(C)=C(C)C1. The van der Waals surface area contributed by atoms with Crippen molar-refractivity contribution in [3.8, 4) is 0 Å². The Morgan fingerprint density at radius 1 is 1.04 bits per heavy atom. The molecule has 0 amide bonds. The van der Waals surface area contributed by atoms with Crippen molar-refractivity contribution in [1.82, 2.24) is 0 Å². The maximum Gasteiger partial charge on any atom is 0.360 e. The predicted molar refractivity (Wildman–Crippen MR) is 95.9 cm³/mol. The number of carbonyl (C=O) groups excluding carboxylic acids is 1. The Balaban J connectivity index is 2.31. The maximum absolute atomic E-state index is 12.1. The molecule has 0 fully saturated rings. The van der Waals surface area contributed by atoms with Crippen LogP contribution in [0.3, 0.4) is 0 Å². The molecule has 0 aliphatic heterocycles. The Bertz CT molecular complexity index is 684. The van der Waals surface area contributed by atoms with Crippen LogP contribution in [0.4, 0.5) is 0 Å². The van der Waals surface area contributed by atoms with E-state index in [0.717, 1.165) is 24.8 Å². The van der Waals surface area contributed by atoms with E-state index in [1.165, 1.54) is 36.5 Å². The number of ether oxygens (including phenoxy) is 1. The standard InChI is InChI=1S/C20H25NO3/c1-14-12-17(11-10-16-8-6-5-7-9-16)18(13-15(14)2)19(21-24-4)20(22)23-3/h5-9H,10-13H2,1-4H3/b21-19+. The number of rotatable bonds is 6. The summed E-state index contributed by atoms with van der Waals surface area (Å²) in [7, 11) is 2.82. The molecule has 1 aliphatic rings. The number of hydrogen-bond acceptors (Lipinski definition) is 4. The minimum absolute atomic E-state index is 0.287. The number of oxime groups is 1. The van der Waals surface area contributed by atoms with Crippen LogP contribution in [0.2, 0.25) is 0 Å². The van der Waals surface area contributed by atoms with Crippen molar-refractivity contribution in [2.75, 3.05) is 14.2 Å². The van der Waals surface area contributed by atoms with Gasteiger partial charge in [0.15, 0.2) is 5.71 Å². The molecule has 0 atom stereocenters. The van der Waals surface area contributed by atoms with Crippen LogP contribution in [0.25, 0.3) is 0 Å². The van der Waals surface area contributed by atoms with Crippen molar-refractivity contribution in [1.29, 1.82) is 0 Å². The predicted octanol–water partition coefficient (Wildman–Crippen LogP) is 4.22. The van der Waals surface area contributed by atoms with Crippen molar-refractivity contribution >= 4 is 11.7 Å². The molecule has 0 saturated carbocycles. The van der Waals surface area contributed by atoms with Gasteiger partial charge in [0.1, 0.15) is 7.11 Å². The highest BCUT2D eigenvalue weighted by Crippen LogP contribution is 2.33. The highest BCUT2D eigenvalue weighted by molar-refractivity contribution is 6.43. The van der Waals surface area contributed by atoms with E-state index in [4.69, 9.17) is 9.57 Å². The van der Waals surface area contributed by atoms with E-state index in [9.17, 15) is 4.79 Å². The average Bonchev–Trinajstić information content (AvgIpc) is 2.60. The zero-order valence-electron chi connectivity index (χ0n) is 14.9. The summed E-state index contributed by atoms with van der Waals surface area (Å²) < 4.78 is 4.89. The van der Waals surface area contributed by atoms with Gasteiger partial charge in [-0.05, 0) is 50.7 Å². The highest BCUT2D eigenvalue weighted by atomic mass is 16.6. The van der Waals surface area contributed by atoms with Crippen molar-refractivity contribution in [3.05, 3.63) is 58.2 Å². The van der Waals surface area contributed by atoms with E-state index < -0.39 is 5.97 Å². The van der Waals surface area contributed by atoms with Crippen molar-refractivity contribution in [2.24, 2.45) is 5.16 Å². The number of benzene rings is 1. The van der Waals surface area contributed by atoms with E-state index >= 15 is 0 Å². The first kappa shape index (κ1) is 18.0. The summed E-state index contributed by atoms with van der Waals surface area (Å²) in [6.45, 7) is 4.25. The summed E-state index contributed by atoms with van der Waals surface area (Å²) in [5, 5.41) is 3.94. The number of aryl methyl sites for hydroxylation is 1. The first-order valence-corrected chi connectivity index (χ1v) is 8.16. The molecule has 1 aliphatic carbocycles. The number of carbonyl (C=O) groups is 1. The molecule has 1 aromatic carbocycles. The molecule has 4 heteroatoms. The molecule has 1 aromatic rings. The molecular weight excluding hydrogens is 302 g/mol. The van der Waals surface area contributed by atoms with Gasteiger partial charge in [0.2, 0.25) is 0 Å². The lowest BCUT2D eigenvalue weighted by Gasteiger charge is -2.23. The second-order valence-corrected chi connectivity index (χ2v) is 6.10. The Labute approximate surface area is 143 Å². The molecule has 128 valence electrons.